The van der Waals surface area contributed by atoms with Gasteiger partial charge in [-0.05, 0) is 44.9 Å². The molecule has 9 heteroatoms. The fraction of sp³-hybridized carbons (Fsp3) is 0.526. The lowest BCUT2D eigenvalue weighted by molar-refractivity contribution is -0.133. The molecular weight excluding hydrogens is 417 g/mol. The van der Waals surface area contributed by atoms with Gasteiger partial charge < -0.3 is 10.7 Å². The lowest BCUT2D eigenvalue weighted by atomic mass is 9.93. The predicted molar refractivity (Wildman–Crippen MR) is 115 cm³/mol. The first kappa shape index (κ1) is 21.3. The summed E-state index contributed by atoms with van der Waals surface area (Å²) in [6.07, 6.45) is 5.81. The van der Waals surface area contributed by atoms with Crippen LogP contribution in [0.4, 0.5) is 0 Å². The summed E-state index contributed by atoms with van der Waals surface area (Å²) in [6.45, 7) is 4.15. The molecule has 1 aliphatic rings. The van der Waals surface area contributed by atoms with Gasteiger partial charge in [-0.2, -0.15) is 0 Å². The van der Waals surface area contributed by atoms with Crippen molar-refractivity contribution in [2.75, 3.05) is 11.6 Å². The van der Waals surface area contributed by atoms with Crippen LogP contribution in [0, 0.1) is 0 Å². The lowest BCUT2D eigenvalue weighted by Crippen LogP contribution is -2.46. The van der Waals surface area contributed by atoms with Gasteiger partial charge in [0.2, 0.25) is 11.1 Å². The van der Waals surface area contributed by atoms with Crippen molar-refractivity contribution >= 4 is 40.9 Å². The molecule has 2 aromatic rings. The van der Waals surface area contributed by atoms with Crippen LogP contribution in [0.2, 0.25) is 10.0 Å². The molecule has 1 heterocycles. The van der Waals surface area contributed by atoms with Crippen molar-refractivity contribution in [1.82, 2.24) is 19.8 Å². The third kappa shape index (κ3) is 4.75. The Kier molecular flexibility index (Phi) is 7.12. The van der Waals surface area contributed by atoms with Crippen LogP contribution in [0.5, 0.6) is 0 Å². The van der Waals surface area contributed by atoms with E-state index >= 15 is 0 Å². The molecule has 1 aromatic carbocycles. The van der Waals surface area contributed by atoms with Gasteiger partial charge in [0.15, 0.2) is 5.82 Å². The molecule has 0 saturated heterocycles. The first-order chi connectivity index (χ1) is 13.4. The van der Waals surface area contributed by atoms with E-state index in [1.165, 1.54) is 35.7 Å². The zero-order valence-corrected chi connectivity index (χ0v) is 18.4. The van der Waals surface area contributed by atoms with E-state index in [1.54, 1.807) is 18.2 Å². The lowest BCUT2D eigenvalue weighted by Gasteiger charge is -2.37. The molecule has 0 aliphatic heterocycles. The predicted octanol–water partition coefficient (Wildman–Crippen LogP) is 4.63. The monoisotopic (exact) mass is 441 g/mol. The molecule has 1 fully saturated rings. The van der Waals surface area contributed by atoms with Gasteiger partial charge in [0.25, 0.3) is 0 Å². The average molecular weight is 442 g/mol. The van der Waals surface area contributed by atoms with Gasteiger partial charge in [-0.3, -0.25) is 4.79 Å². The minimum atomic E-state index is 0.112. The minimum absolute atomic E-state index is 0.112. The highest BCUT2D eigenvalue weighted by Crippen LogP contribution is 2.31. The number of rotatable bonds is 6. The normalized spacial score (nSPS) is 15.2. The number of halogens is 2. The average Bonchev–Trinajstić information content (AvgIpc) is 3.01. The van der Waals surface area contributed by atoms with Gasteiger partial charge in [0.05, 0.1) is 10.8 Å². The maximum absolute atomic E-state index is 12.9. The van der Waals surface area contributed by atoms with Crippen molar-refractivity contribution in [3.63, 3.8) is 0 Å². The van der Waals surface area contributed by atoms with Crippen molar-refractivity contribution in [2.24, 2.45) is 0 Å². The fourth-order valence-corrected chi connectivity index (χ4v) is 4.92. The van der Waals surface area contributed by atoms with Gasteiger partial charge in [-0.15, -0.1) is 10.2 Å². The molecule has 0 bridgehead atoms. The van der Waals surface area contributed by atoms with Gasteiger partial charge in [-0.1, -0.05) is 54.2 Å². The smallest absolute Gasteiger partial charge is 0.233 e. The van der Waals surface area contributed by atoms with Crippen molar-refractivity contribution < 1.29 is 4.79 Å². The van der Waals surface area contributed by atoms with Gasteiger partial charge >= 0.3 is 0 Å². The second kappa shape index (κ2) is 9.37. The summed E-state index contributed by atoms with van der Waals surface area (Å²) in [5, 5.41) is 9.73. The third-order valence-corrected chi connectivity index (χ3v) is 6.45. The third-order valence-electron chi connectivity index (χ3n) is 4.97. The molecule has 0 spiro atoms. The van der Waals surface area contributed by atoms with E-state index in [9.17, 15) is 4.79 Å². The van der Waals surface area contributed by atoms with E-state index in [0.717, 1.165) is 12.8 Å². The number of nitrogen functional groups attached to an aromatic ring is 1. The number of thioether (sulfide) groups is 1. The number of nitrogens with two attached hydrogens (primary N) is 1. The van der Waals surface area contributed by atoms with Crippen LogP contribution in [-0.2, 0) is 4.79 Å². The number of amides is 1. The standard InChI is InChI=1S/C19H25Cl2N5OS/c1-12(2)25(14-6-4-3-5-7-14)17(27)11-28-19-24-23-18(26(19)22)15-9-8-13(20)10-16(15)21/h8-10,12,14H,3-7,11,22H2,1-2H3. The van der Waals surface area contributed by atoms with Crippen LogP contribution in [0.3, 0.4) is 0 Å². The highest BCUT2D eigenvalue weighted by Gasteiger charge is 2.28. The second-order valence-electron chi connectivity index (χ2n) is 7.28. The number of hydrogen-bond acceptors (Lipinski definition) is 5. The maximum atomic E-state index is 12.9. The molecule has 0 radical (unpaired) electrons. The highest BCUT2D eigenvalue weighted by atomic mass is 35.5. The molecule has 1 amide bonds. The maximum Gasteiger partial charge on any atom is 0.233 e. The SMILES string of the molecule is CC(C)N(C(=O)CSc1nnc(-c2ccc(Cl)cc2Cl)n1N)C1CCCCC1. The summed E-state index contributed by atoms with van der Waals surface area (Å²) in [5.41, 5.74) is 0.644. The minimum Gasteiger partial charge on any atom is -0.337 e. The Balaban J connectivity index is 1.70. The molecule has 1 saturated carbocycles. The van der Waals surface area contributed by atoms with Crippen LogP contribution in [0.25, 0.3) is 11.4 Å². The molecule has 1 aliphatic carbocycles. The summed E-state index contributed by atoms with van der Waals surface area (Å²) in [4.78, 5) is 14.9. The Morgan fingerprint density at radius 2 is 2.00 bits per heavy atom. The van der Waals surface area contributed by atoms with Crippen molar-refractivity contribution in [2.45, 2.75) is 63.2 Å². The Labute approximate surface area is 179 Å². The zero-order valence-electron chi connectivity index (χ0n) is 16.1. The number of aromatic nitrogens is 3. The summed E-state index contributed by atoms with van der Waals surface area (Å²) in [7, 11) is 0. The molecule has 1 aromatic heterocycles. The van der Waals surface area contributed by atoms with E-state index in [-0.39, 0.29) is 17.7 Å². The largest absolute Gasteiger partial charge is 0.337 e. The van der Waals surface area contributed by atoms with Crippen molar-refractivity contribution in [3.8, 4) is 11.4 Å². The second-order valence-corrected chi connectivity index (χ2v) is 9.06. The Bertz CT molecular complexity index is 836. The van der Waals surface area contributed by atoms with Gasteiger partial charge in [0, 0.05) is 22.7 Å². The molecule has 0 atom stereocenters. The van der Waals surface area contributed by atoms with Crippen LogP contribution >= 0.6 is 35.0 Å². The van der Waals surface area contributed by atoms with Crippen LogP contribution in [0.15, 0.2) is 23.4 Å². The zero-order chi connectivity index (χ0) is 20.3. The van der Waals surface area contributed by atoms with Crippen LogP contribution in [-0.4, -0.2) is 43.5 Å². The van der Waals surface area contributed by atoms with Crippen LogP contribution < -0.4 is 5.84 Å². The first-order valence-electron chi connectivity index (χ1n) is 9.48. The number of hydrogen-bond donors (Lipinski definition) is 1. The van der Waals surface area contributed by atoms with E-state index in [4.69, 9.17) is 29.0 Å². The number of benzene rings is 1. The number of carbonyl (C=O) groups is 1. The Morgan fingerprint density at radius 1 is 1.29 bits per heavy atom. The summed E-state index contributed by atoms with van der Waals surface area (Å²) < 4.78 is 1.37. The molecule has 3 rings (SSSR count). The summed E-state index contributed by atoms with van der Waals surface area (Å²) in [5.74, 6) is 6.98. The van der Waals surface area contributed by atoms with E-state index < -0.39 is 0 Å². The molecule has 152 valence electrons. The number of nitrogens with zero attached hydrogens (tertiary/aromatic N) is 4. The summed E-state index contributed by atoms with van der Waals surface area (Å²) >= 11 is 13.5. The summed E-state index contributed by atoms with van der Waals surface area (Å²) in [6, 6.07) is 5.62. The molecular formula is C19H25Cl2N5OS. The van der Waals surface area contributed by atoms with E-state index in [1.807, 2.05) is 4.90 Å². The number of carbonyl (C=O) groups excluding carboxylic acids is 1. The van der Waals surface area contributed by atoms with Gasteiger partial charge in [0.1, 0.15) is 0 Å². The van der Waals surface area contributed by atoms with Crippen LogP contribution in [0.1, 0.15) is 46.0 Å². The van der Waals surface area contributed by atoms with E-state index in [2.05, 4.69) is 24.0 Å². The Morgan fingerprint density at radius 3 is 2.64 bits per heavy atom. The molecule has 28 heavy (non-hydrogen) atoms. The fourth-order valence-electron chi connectivity index (χ4n) is 3.70. The van der Waals surface area contributed by atoms with Gasteiger partial charge in [-0.25, -0.2) is 4.68 Å². The van der Waals surface area contributed by atoms with Crippen molar-refractivity contribution in [1.29, 1.82) is 0 Å². The first-order valence-corrected chi connectivity index (χ1v) is 11.2. The Hall–Kier alpha value is -1.44. The highest BCUT2D eigenvalue weighted by molar-refractivity contribution is 7.99. The van der Waals surface area contributed by atoms with E-state index in [0.29, 0.717) is 32.6 Å². The molecule has 0 unspecified atom stereocenters. The molecule has 2 N–H and O–H groups in total. The topological polar surface area (TPSA) is 77.0 Å². The quantitative estimate of drug-likeness (QED) is 0.522. The molecule has 6 nitrogen and oxygen atoms in total. The van der Waals surface area contributed by atoms with Crippen molar-refractivity contribution in [3.05, 3.63) is 28.2 Å².